The number of alkyl halides is 3. The molecular formula is C22H24F3N3O3S. The second kappa shape index (κ2) is 10.2. The average molecular weight is 468 g/mol. The number of anilines is 2. The zero-order valence-electron chi connectivity index (χ0n) is 17.7. The normalized spacial score (nSPS) is 14.1. The van der Waals surface area contributed by atoms with Gasteiger partial charge in [-0.15, -0.1) is 0 Å². The van der Waals surface area contributed by atoms with Crippen LogP contribution in [0.5, 0.6) is 5.75 Å². The van der Waals surface area contributed by atoms with Crippen LogP contribution in [0.15, 0.2) is 36.4 Å². The molecule has 2 aromatic rings. The minimum atomic E-state index is -4.51. The van der Waals surface area contributed by atoms with Gasteiger partial charge in [0.2, 0.25) is 0 Å². The van der Waals surface area contributed by atoms with Gasteiger partial charge in [0.1, 0.15) is 5.75 Å². The number of morpholine rings is 1. The number of halogens is 3. The maximum atomic E-state index is 13.2. The lowest BCUT2D eigenvalue weighted by Gasteiger charge is -2.31. The van der Waals surface area contributed by atoms with Crippen molar-refractivity contribution in [3.8, 4) is 5.75 Å². The Kier molecular flexibility index (Phi) is 7.57. The summed E-state index contributed by atoms with van der Waals surface area (Å²) in [6, 6.07) is 8.98. The standard InChI is InChI=1S/C22H24F3N3O3S/c1-14-9-15(2)11-17(10-14)31-13-20(29)27-21(32)26-18-12-16(22(23,24)25)3-4-19(18)28-5-7-30-8-6-28/h3-4,9-12H,5-8,13H2,1-2H3,(H2,26,27,29,32). The van der Waals surface area contributed by atoms with Crippen LogP contribution in [0.25, 0.3) is 0 Å². The third-order valence-electron chi connectivity index (χ3n) is 4.74. The van der Waals surface area contributed by atoms with Crippen molar-refractivity contribution >= 4 is 34.6 Å². The average Bonchev–Trinajstić information content (AvgIpc) is 2.71. The molecule has 1 aliphatic heterocycles. The van der Waals surface area contributed by atoms with Gasteiger partial charge in [-0.3, -0.25) is 10.1 Å². The number of nitrogens with zero attached hydrogens (tertiary/aromatic N) is 1. The molecule has 172 valence electrons. The number of hydrogen-bond donors (Lipinski definition) is 2. The van der Waals surface area contributed by atoms with Gasteiger partial charge in [0.25, 0.3) is 5.91 Å². The molecule has 1 saturated heterocycles. The molecule has 1 amide bonds. The van der Waals surface area contributed by atoms with Crippen LogP contribution in [0.2, 0.25) is 0 Å². The van der Waals surface area contributed by atoms with Gasteiger partial charge in [0, 0.05) is 13.1 Å². The van der Waals surface area contributed by atoms with Gasteiger partial charge >= 0.3 is 6.18 Å². The van der Waals surface area contributed by atoms with Crippen LogP contribution < -0.4 is 20.3 Å². The summed E-state index contributed by atoms with van der Waals surface area (Å²) in [5, 5.41) is 5.06. The number of aryl methyl sites for hydroxylation is 2. The summed E-state index contributed by atoms with van der Waals surface area (Å²) in [6.07, 6.45) is -4.51. The number of ether oxygens (including phenoxy) is 2. The largest absolute Gasteiger partial charge is 0.484 e. The molecule has 6 nitrogen and oxygen atoms in total. The third-order valence-corrected chi connectivity index (χ3v) is 4.95. The van der Waals surface area contributed by atoms with Crippen molar-refractivity contribution < 1.29 is 27.4 Å². The van der Waals surface area contributed by atoms with E-state index >= 15 is 0 Å². The van der Waals surface area contributed by atoms with Crippen molar-refractivity contribution in [2.45, 2.75) is 20.0 Å². The first-order chi connectivity index (χ1) is 15.1. The summed E-state index contributed by atoms with van der Waals surface area (Å²) in [4.78, 5) is 14.1. The number of benzene rings is 2. The smallest absolute Gasteiger partial charge is 0.416 e. The molecule has 3 rings (SSSR count). The minimum absolute atomic E-state index is 0.118. The van der Waals surface area contributed by atoms with Gasteiger partial charge in [-0.05, 0) is 67.5 Å². The predicted octanol–water partition coefficient (Wildman–Crippen LogP) is 4.05. The lowest BCUT2D eigenvalue weighted by Crippen LogP contribution is -2.39. The molecule has 0 atom stereocenters. The van der Waals surface area contributed by atoms with Crippen LogP contribution in [0, 0.1) is 13.8 Å². The maximum Gasteiger partial charge on any atom is 0.416 e. The molecule has 0 aromatic heterocycles. The molecule has 1 heterocycles. The van der Waals surface area contributed by atoms with Crippen LogP contribution in [0.3, 0.4) is 0 Å². The van der Waals surface area contributed by atoms with Gasteiger partial charge in [-0.25, -0.2) is 0 Å². The maximum absolute atomic E-state index is 13.2. The van der Waals surface area contributed by atoms with Crippen molar-refractivity contribution in [3.05, 3.63) is 53.1 Å². The third kappa shape index (κ3) is 6.57. The fraction of sp³-hybridized carbons (Fsp3) is 0.364. The Hall–Kier alpha value is -2.85. The Morgan fingerprint density at radius 2 is 1.78 bits per heavy atom. The highest BCUT2D eigenvalue weighted by molar-refractivity contribution is 7.80. The number of rotatable bonds is 5. The zero-order valence-corrected chi connectivity index (χ0v) is 18.5. The lowest BCUT2D eigenvalue weighted by atomic mass is 10.1. The first-order valence-corrected chi connectivity index (χ1v) is 10.4. The summed E-state index contributed by atoms with van der Waals surface area (Å²) in [7, 11) is 0. The molecule has 0 spiro atoms. The molecular weight excluding hydrogens is 443 g/mol. The summed E-state index contributed by atoms with van der Waals surface area (Å²) < 4.78 is 50.5. The van der Waals surface area contributed by atoms with E-state index in [2.05, 4.69) is 10.6 Å². The van der Waals surface area contributed by atoms with Crippen LogP contribution >= 0.6 is 12.2 Å². The van der Waals surface area contributed by atoms with Gasteiger partial charge in [0.05, 0.1) is 30.2 Å². The lowest BCUT2D eigenvalue weighted by molar-refractivity contribution is -0.137. The highest BCUT2D eigenvalue weighted by atomic mass is 32.1. The van der Waals surface area contributed by atoms with E-state index < -0.39 is 17.6 Å². The SMILES string of the molecule is Cc1cc(C)cc(OCC(=O)NC(=S)Nc2cc(C(F)(F)F)ccc2N2CCOCC2)c1. The molecule has 0 radical (unpaired) electrons. The first-order valence-electron chi connectivity index (χ1n) is 9.98. The molecule has 0 bridgehead atoms. The molecule has 0 aliphatic carbocycles. The Morgan fingerprint density at radius 1 is 1.12 bits per heavy atom. The fourth-order valence-electron chi connectivity index (χ4n) is 3.37. The van der Waals surface area contributed by atoms with Crippen molar-refractivity contribution in [1.29, 1.82) is 0 Å². The van der Waals surface area contributed by atoms with Crippen molar-refractivity contribution in [3.63, 3.8) is 0 Å². The zero-order chi connectivity index (χ0) is 23.3. The number of amides is 1. The van der Waals surface area contributed by atoms with E-state index in [0.717, 1.165) is 23.3 Å². The van der Waals surface area contributed by atoms with Gasteiger partial charge < -0.3 is 19.7 Å². The fourth-order valence-corrected chi connectivity index (χ4v) is 3.60. The molecule has 2 N–H and O–H groups in total. The summed E-state index contributed by atoms with van der Waals surface area (Å²) in [5.74, 6) is 0.0190. The predicted molar refractivity (Wildman–Crippen MR) is 120 cm³/mol. The Morgan fingerprint density at radius 3 is 2.41 bits per heavy atom. The van der Waals surface area contributed by atoms with Gasteiger partial charge in [-0.1, -0.05) is 6.07 Å². The molecule has 10 heteroatoms. The van der Waals surface area contributed by atoms with Crippen LogP contribution in [-0.2, 0) is 15.7 Å². The molecule has 0 saturated carbocycles. The number of thiocarbonyl (C=S) groups is 1. The first kappa shape index (κ1) is 23.8. The van der Waals surface area contributed by atoms with E-state index in [1.54, 1.807) is 12.1 Å². The quantitative estimate of drug-likeness (QED) is 0.647. The van der Waals surface area contributed by atoms with E-state index in [1.165, 1.54) is 6.07 Å². The number of nitrogens with one attached hydrogen (secondary N) is 2. The van der Waals surface area contributed by atoms with Gasteiger partial charge in [0.15, 0.2) is 11.7 Å². The van der Waals surface area contributed by atoms with E-state index in [-0.39, 0.29) is 17.4 Å². The highest BCUT2D eigenvalue weighted by Gasteiger charge is 2.31. The van der Waals surface area contributed by atoms with Crippen LogP contribution in [-0.4, -0.2) is 43.9 Å². The van der Waals surface area contributed by atoms with E-state index in [0.29, 0.717) is 37.7 Å². The number of hydrogen-bond acceptors (Lipinski definition) is 5. The Labute approximate surface area is 189 Å². The van der Waals surface area contributed by atoms with Crippen LogP contribution in [0.1, 0.15) is 16.7 Å². The Balaban J connectivity index is 1.67. The topological polar surface area (TPSA) is 62.8 Å². The monoisotopic (exact) mass is 467 g/mol. The summed E-state index contributed by atoms with van der Waals surface area (Å²) >= 11 is 5.16. The van der Waals surface area contributed by atoms with Crippen molar-refractivity contribution in [1.82, 2.24) is 5.32 Å². The van der Waals surface area contributed by atoms with E-state index in [9.17, 15) is 18.0 Å². The van der Waals surface area contributed by atoms with E-state index in [1.807, 2.05) is 24.8 Å². The number of carbonyl (C=O) groups excluding carboxylic acids is 1. The minimum Gasteiger partial charge on any atom is -0.484 e. The van der Waals surface area contributed by atoms with Crippen LogP contribution in [0.4, 0.5) is 24.5 Å². The molecule has 0 unspecified atom stereocenters. The summed E-state index contributed by atoms with van der Waals surface area (Å²) in [5.41, 5.74) is 1.88. The molecule has 2 aromatic carbocycles. The van der Waals surface area contributed by atoms with Crippen molar-refractivity contribution in [2.75, 3.05) is 43.1 Å². The van der Waals surface area contributed by atoms with Crippen molar-refractivity contribution in [2.24, 2.45) is 0 Å². The summed E-state index contributed by atoms with van der Waals surface area (Å²) in [6.45, 7) is 5.55. The van der Waals surface area contributed by atoms with E-state index in [4.69, 9.17) is 21.7 Å². The highest BCUT2D eigenvalue weighted by Crippen LogP contribution is 2.35. The molecule has 1 aliphatic rings. The molecule has 32 heavy (non-hydrogen) atoms. The Bertz CT molecular complexity index is 972. The number of carbonyl (C=O) groups is 1. The second-order valence-corrected chi connectivity index (χ2v) is 7.85. The second-order valence-electron chi connectivity index (χ2n) is 7.44. The van der Waals surface area contributed by atoms with Gasteiger partial charge in [-0.2, -0.15) is 13.2 Å². The molecule has 1 fully saturated rings.